The summed E-state index contributed by atoms with van der Waals surface area (Å²) in [6.45, 7) is 2.17. The van der Waals surface area contributed by atoms with E-state index < -0.39 is 0 Å². The smallest absolute Gasteiger partial charge is 0.0698 e. The van der Waals surface area contributed by atoms with Crippen molar-refractivity contribution < 1.29 is 19.7 Å². The summed E-state index contributed by atoms with van der Waals surface area (Å²) in [7, 11) is 0. The van der Waals surface area contributed by atoms with E-state index in [-0.39, 0.29) is 13.2 Å². The second-order valence-electron chi connectivity index (χ2n) is 2.08. The van der Waals surface area contributed by atoms with E-state index in [0.29, 0.717) is 32.3 Å². The lowest BCUT2D eigenvalue weighted by Crippen LogP contribution is -2.00. The number of aliphatic hydroxyl groups excluding tert-OH is 2. The summed E-state index contributed by atoms with van der Waals surface area (Å²) in [6, 6.07) is 0. The molecule has 0 aromatic carbocycles. The molecule has 0 aliphatic heterocycles. The lowest BCUT2D eigenvalue weighted by molar-refractivity contribution is 0.103. The first-order chi connectivity index (χ1) is 6.83. The Bertz CT molecular complexity index is 69.7. The number of thiol groups is 1. The summed E-state index contributed by atoms with van der Waals surface area (Å²) < 4.78 is 9.56. The lowest BCUT2D eigenvalue weighted by atomic mass is 10.7. The van der Waals surface area contributed by atoms with Crippen molar-refractivity contribution in [2.45, 2.75) is 0 Å². The lowest BCUT2D eigenvalue weighted by Gasteiger charge is -1.94. The number of alkyl halides is 1. The van der Waals surface area contributed by atoms with Crippen molar-refractivity contribution in [2.75, 3.05) is 51.3 Å². The summed E-state index contributed by atoms with van der Waals surface area (Å²) in [5, 5.41) is 16.3. The largest absolute Gasteiger partial charge is 0.394 e. The van der Waals surface area contributed by atoms with Crippen LogP contribution >= 0.6 is 24.2 Å². The Hall–Kier alpha value is 0.480. The van der Waals surface area contributed by atoms with Gasteiger partial charge in [0.05, 0.1) is 39.6 Å². The van der Waals surface area contributed by atoms with Crippen LogP contribution in [-0.4, -0.2) is 61.5 Å². The van der Waals surface area contributed by atoms with Gasteiger partial charge in [-0.25, -0.2) is 0 Å². The van der Waals surface area contributed by atoms with Gasteiger partial charge >= 0.3 is 0 Å². The van der Waals surface area contributed by atoms with Crippen molar-refractivity contribution in [3.05, 3.63) is 0 Å². The highest BCUT2D eigenvalue weighted by molar-refractivity contribution is 7.80. The molecule has 88 valence electrons. The van der Waals surface area contributed by atoms with Crippen molar-refractivity contribution in [2.24, 2.45) is 0 Å². The fourth-order valence-electron chi connectivity index (χ4n) is 0.452. The SMILES string of the molecule is OCCOCCCl.OCCOCCS. The third kappa shape index (κ3) is 22.9. The summed E-state index contributed by atoms with van der Waals surface area (Å²) in [4.78, 5) is 0. The molecule has 0 heterocycles. The van der Waals surface area contributed by atoms with Crippen LogP contribution in [-0.2, 0) is 9.47 Å². The summed E-state index contributed by atoms with van der Waals surface area (Å²) in [5.41, 5.74) is 0. The van der Waals surface area contributed by atoms with E-state index in [1.165, 1.54) is 0 Å². The second kappa shape index (κ2) is 19.1. The maximum atomic E-state index is 8.14. The van der Waals surface area contributed by atoms with Crippen LogP contribution in [0, 0.1) is 0 Å². The van der Waals surface area contributed by atoms with Crippen LogP contribution in [0.5, 0.6) is 0 Å². The maximum Gasteiger partial charge on any atom is 0.0698 e. The molecular formula is C8H19ClO4S. The third-order valence-electron chi connectivity index (χ3n) is 0.928. The van der Waals surface area contributed by atoms with Gasteiger partial charge < -0.3 is 19.7 Å². The number of ether oxygens (including phenoxy) is 2. The van der Waals surface area contributed by atoms with E-state index in [4.69, 9.17) is 31.3 Å². The van der Waals surface area contributed by atoms with Crippen LogP contribution in [0.4, 0.5) is 0 Å². The number of halogens is 1. The molecule has 2 N–H and O–H groups in total. The summed E-state index contributed by atoms with van der Waals surface area (Å²) in [6.07, 6.45) is 0. The first-order valence-electron chi connectivity index (χ1n) is 4.37. The number of rotatable bonds is 8. The highest BCUT2D eigenvalue weighted by Gasteiger charge is 1.80. The zero-order chi connectivity index (χ0) is 11.1. The molecule has 0 aromatic rings. The first-order valence-corrected chi connectivity index (χ1v) is 5.54. The molecule has 0 spiro atoms. The van der Waals surface area contributed by atoms with Gasteiger partial charge in [0.2, 0.25) is 0 Å². The van der Waals surface area contributed by atoms with Gasteiger partial charge in [0, 0.05) is 11.6 Å². The number of hydrogen-bond acceptors (Lipinski definition) is 5. The van der Waals surface area contributed by atoms with Gasteiger partial charge in [-0.15, -0.1) is 11.6 Å². The molecule has 0 unspecified atom stereocenters. The van der Waals surface area contributed by atoms with Gasteiger partial charge in [0.25, 0.3) is 0 Å². The van der Waals surface area contributed by atoms with Gasteiger partial charge in [0.15, 0.2) is 0 Å². The average Bonchev–Trinajstić information content (AvgIpc) is 2.21. The third-order valence-corrected chi connectivity index (χ3v) is 1.27. The fraction of sp³-hybridized carbons (Fsp3) is 1.00. The topological polar surface area (TPSA) is 58.9 Å². The molecule has 6 heteroatoms. The minimum Gasteiger partial charge on any atom is -0.394 e. The Morgan fingerprint density at radius 1 is 0.929 bits per heavy atom. The predicted molar refractivity (Wildman–Crippen MR) is 60.4 cm³/mol. The fourth-order valence-corrected chi connectivity index (χ4v) is 0.691. The van der Waals surface area contributed by atoms with Crippen LogP contribution in [0.25, 0.3) is 0 Å². The molecule has 0 saturated heterocycles. The quantitative estimate of drug-likeness (QED) is 0.324. The molecule has 0 aliphatic carbocycles. The molecular weight excluding hydrogens is 228 g/mol. The molecule has 0 fully saturated rings. The standard InChI is InChI=1S/C4H9ClO2.C4H10O2S/c5-1-3-7-4-2-6;5-1-2-6-3-4-7/h6H,1-4H2;5,7H,1-4H2. The van der Waals surface area contributed by atoms with Gasteiger partial charge in [-0.05, 0) is 0 Å². The van der Waals surface area contributed by atoms with Crippen LogP contribution in [0.2, 0.25) is 0 Å². The second-order valence-corrected chi connectivity index (χ2v) is 2.91. The Labute approximate surface area is 95.6 Å². The van der Waals surface area contributed by atoms with Crippen LogP contribution < -0.4 is 0 Å². The summed E-state index contributed by atoms with van der Waals surface area (Å²) >= 11 is 9.12. The number of aliphatic hydroxyl groups is 2. The minimum atomic E-state index is 0.0802. The normalized spacial score (nSPS) is 9.43. The van der Waals surface area contributed by atoms with E-state index in [1.54, 1.807) is 0 Å². The van der Waals surface area contributed by atoms with E-state index in [9.17, 15) is 0 Å². The van der Waals surface area contributed by atoms with E-state index >= 15 is 0 Å². The van der Waals surface area contributed by atoms with Crippen molar-refractivity contribution in [3.8, 4) is 0 Å². The van der Waals surface area contributed by atoms with E-state index in [2.05, 4.69) is 12.6 Å². The Morgan fingerprint density at radius 3 is 1.79 bits per heavy atom. The summed E-state index contributed by atoms with van der Waals surface area (Å²) in [5.74, 6) is 1.22. The Morgan fingerprint density at radius 2 is 1.43 bits per heavy atom. The first kappa shape index (κ1) is 16.9. The predicted octanol–water partition coefficient (Wildman–Crippen LogP) is 0.159. The molecule has 0 rings (SSSR count). The molecule has 0 aliphatic rings. The molecule has 0 saturated carbocycles. The van der Waals surface area contributed by atoms with Gasteiger partial charge in [-0.1, -0.05) is 0 Å². The Kier molecular flexibility index (Phi) is 23.1. The van der Waals surface area contributed by atoms with E-state index in [0.717, 1.165) is 5.75 Å². The molecule has 0 radical (unpaired) electrons. The van der Waals surface area contributed by atoms with Crippen molar-refractivity contribution in [1.82, 2.24) is 0 Å². The zero-order valence-electron chi connectivity index (χ0n) is 8.19. The van der Waals surface area contributed by atoms with E-state index in [1.807, 2.05) is 0 Å². The maximum absolute atomic E-state index is 8.14. The van der Waals surface area contributed by atoms with Gasteiger partial charge in [-0.2, -0.15) is 12.6 Å². The van der Waals surface area contributed by atoms with Gasteiger partial charge in [0.1, 0.15) is 0 Å². The number of hydrogen-bond donors (Lipinski definition) is 3. The monoisotopic (exact) mass is 246 g/mol. The van der Waals surface area contributed by atoms with Crippen molar-refractivity contribution >= 4 is 24.2 Å². The Balaban J connectivity index is 0. The molecule has 0 amide bonds. The van der Waals surface area contributed by atoms with Crippen molar-refractivity contribution in [3.63, 3.8) is 0 Å². The highest BCUT2D eigenvalue weighted by atomic mass is 35.5. The molecule has 4 nitrogen and oxygen atoms in total. The van der Waals surface area contributed by atoms with Gasteiger partial charge in [-0.3, -0.25) is 0 Å². The molecule has 0 bridgehead atoms. The molecule has 0 atom stereocenters. The molecule has 14 heavy (non-hydrogen) atoms. The zero-order valence-corrected chi connectivity index (χ0v) is 9.84. The minimum absolute atomic E-state index is 0.0802. The van der Waals surface area contributed by atoms with Crippen LogP contribution in [0.15, 0.2) is 0 Å². The van der Waals surface area contributed by atoms with Crippen LogP contribution in [0.1, 0.15) is 0 Å². The van der Waals surface area contributed by atoms with Crippen molar-refractivity contribution in [1.29, 1.82) is 0 Å². The molecule has 0 aromatic heterocycles. The highest BCUT2D eigenvalue weighted by Crippen LogP contribution is 1.76. The average molecular weight is 247 g/mol. The van der Waals surface area contributed by atoms with Crippen LogP contribution in [0.3, 0.4) is 0 Å².